The zero-order valence-electron chi connectivity index (χ0n) is 3.01. The fourth-order valence-electron chi connectivity index (χ4n) is 0.0461. The quantitative estimate of drug-likeness (QED) is 0.284. The summed E-state index contributed by atoms with van der Waals surface area (Å²) in [6, 6.07) is 0. The van der Waals surface area contributed by atoms with Crippen LogP contribution in [-0.2, 0) is 10.3 Å². The molecule has 7 heavy (non-hydrogen) atoms. The zero-order valence-corrected chi connectivity index (χ0v) is 3.83. The highest BCUT2D eigenvalue weighted by molar-refractivity contribution is 7.84. The first kappa shape index (κ1) is 6.31. The molecular formula is H2N2O4S. The van der Waals surface area contributed by atoms with Crippen LogP contribution in [0, 0.1) is 0 Å². The van der Waals surface area contributed by atoms with Gasteiger partial charge >= 0.3 is 10.3 Å². The molecule has 6 nitrogen and oxygen atoms in total. The van der Waals surface area contributed by atoms with Crippen LogP contribution in [0.3, 0.4) is 0 Å². The number of hydrogen-bond acceptors (Lipinski definition) is 3. The van der Waals surface area contributed by atoms with Gasteiger partial charge in [0.25, 0.3) is 0 Å². The van der Waals surface area contributed by atoms with Crippen molar-refractivity contribution in [1.29, 1.82) is 0 Å². The van der Waals surface area contributed by atoms with E-state index in [1.807, 2.05) is 4.52 Å². The molecule has 0 heterocycles. The van der Waals surface area contributed by atoms with E-state index in [4.69, 9.17) is 9.76 Å². The van der Waals surface area contributed by atoms with Crippen molar-refractivity contribution >= 4 is 10.3 Å². The van der Waals surface area contributed by atoms with Crippen LogP contribution in [0.25, 0.3) is 0 Å². The summed E-state index contributed by atoms with van der Waals surface area (Å²) in [5, 5.41) is 9.12. The van der Waals surface area contributed by atoms with E-state index in [0.717, 1.165) is 0 Å². The van der Waals surface area contributed by atoms with Gasteiger partial charge in [-0.2, -0.15) is 8.42 Å². The highest BCUT2D eigenvalue weighted by atomic mass is 32.2. The minimum Gasteiger partial charge on any atom is -0.394 e. The van der Waals surface area contributed by atoms with Gasteiger partial charge in [-0.1, -0.05) is 0 Å². The molecule has 2 N–H and O–H groups in total. The highest BCUT2D eigenvalue weighted by Gasteiger charge is 1.95. The van der Waals surface area contributed by atoms with Gasteiger partial charge in [-0.25, -0.2) is 0 Å². The second-order valence-electron chi connectivity index (χ2n) is 0.619. The van der Waals surface area contributed by atoms with Crippen LogP contribution < -0.4 is 0 Å². The van der Waals surface area contributed by atoms with Gasteiger partial charge < -0.3 is 5.21 Å². The molecule has 0 saturated heterocycles. The Morgan fingerprint density at radius 1 is 1.43 bits per heavy atom. The summed E-state index contributed by atoms with van der Waals surface area (Å²) in [7, 11) is -4.47. The monoisotopic (exact) mass is 126 g/mol. The molecule has 0 saturated carbocycles. The largest absolute Gasteiger partial charge is 0.398 e. The summed E-state index contributed by atoms with van der Waals surface area (Å²) in [6.45, 7) is 0. The Morgan fingerprint density at radius 2 is 1.86 bits per heavy atom. The normalized spacial score (nSPS) is 12.7. The van der Waals surface area contributed by atoms with Gasteiger partial charge in [0.1, 0.15) is 0 Å². The summed E-state index contributed by atoms with van der Waals surface area (Å²) in [4.78, 5) is 0. The fourth-order valence-corrected chi connectivity index (χ4v) is 0.138. The Morgan fingerprint density at radius 3 is 1.86 bits per heavy atom. The van der Waals surface area contributed by atoms with Crippen molar-refractivity contribution in [1.82, 2.24) is 0 Å². The molecule has 0 aromatic carbocycles. The van der Waals surface area contributed by atoms with E-state index in [2.05, 4.69) is 0 Å². The summed E-state index contributed by atoms with van der Waals surface area (Å²) in [5.41, 5.74) is 0. The SMILES string of the molecule is O=S(=O)(O)/N=N/O. The Hall–Kier alpha value is -0.690. The molecule has 0 radical (unpaired) electrons. The number of hydrogen-bond donors (Lipinski definition) is 2. The second-order valence-corrected chi connectivity index (χ2v) is 1.68. The molecule has 0 atom stereocenters. The summed E-state index contributed by atoms with van der Waals surface area (Å²) >= 11 is 0. The Balaban J connectivity index is 4.13. The van der Waals surface area contributed by atoms with Crippen molar-refractivity contribution in [3.63, 3.8) is 0 Å². The average Bonchev–Trinajstić information content (AvgIpc) is 1.30. The predicted octanol–water partition coefficient (Wildman–Crippen LogP) is -0.369. The van der Waals surface area contributed by atoms with Crippen LogP contribution >= 0.6 is 0 Å². The van der Waals surface area contributed by atoms with Crippen LogP contribution in [-0.4, -0.2) is 18.2 Å². The zero-order chi connectivity index (χ0) is 5.91. The molecule has 0 aromatic rings. The summed E-state index contributed by atoms with van der Waals surface area (Å²) in [6.07, 6.45) is 0. The van der Waals surface area contributed by atoms with Gasteiger partial charge in [-0.15, -0.1) is 0 Å². The predicted molar refractivity (Wildman–Crippen MR) is 18.2 cm³/mol. The first-order valence-corrected chi connectivity index (χ1v) is 2.50. The lowest BCUT2D eigenvalue weighted by molar-refractivity contribution is 0.289. The molecular weight excluding hydrogens is 124 g/mol. The van der Waals surface area contributed by atoms with E-state index in [1.54, 1.807) is 5.28 Å². The third-order valence-electron chi connectivity index (χ3n) is 0.140. The second kappa shape index (κ2) is 1.85. The molecule has 0 aromatic heterocycles. The van der Waals surface area contributed by atoms with Gasteiger partial charge in [0.2, 0.25) is 0 Å². The number of nitrogens with zero attached hydrogens (tertiary/aromatic N) is 2. The molecule has 0 aliphatic rings. The van der Waals surface area contributed by atoms with Crippen molar-refractivity contribution in [3.8, 4) is 0 Å². The third kappa shape index (κ3) is 5.31. The van der Waals surface area contributed by atoms with E-state index in [1.165, 1.54) is 0 Å². The Bertz CT molecular complexity index is 153. The van der Waals surface area contributed by atoms with Crippen LogP contribution in [0.5, 0.6) is 0 Å². The van der Waals surface area contributed by atoms with Gasteiger partial charge in [-0.05, 0) is 0 Å². The maximum Gasteiger partial charge on any atom is 0.398 e. The molecule has 0 fully saturated rings. The average molecular weight is 126 g/mol. The van der Waals surface area contributed by atoms with Crippen molar-refractivity contribution in [2.45, 2.75) is 0 Å². The maximum atomic E-state index is 9.37. The topological polar surface area (TPSA) is 99.3 Å². The van der Waals surface area contributed by atoms with Crippen molar-refractivity contribution in [3.05, 3.63) is 0 Å². The summed E-state index contributed by atoms with van der Waals surface area (Å²) in [5.74, 6) is 0. The molecule has 0 spiro atoms. The first-order valence-electron chi connectivity index (χ1n) is 1.10. The standard InChI is InChI=1S/H2N2O4S/c3-1-2-7(4,5)6/h(H,2,3)(H,4,5,6). The lowest BCUT2D eigenvalue weighted by Gasteiger charge is -1.73. The molecule has 0 unspecified atom stereocenters. The lowest BCUT2D eigenvalue weighted by Crippen LogP contribution is -1.87. The maximum absolute atomic E-state index is 9.37. The highest BCUT2D eigenvalue weighted by Crippen LogP contribution is 1.80. The summed E-state index contributed by atoms with van der Waals surface area (Å²) < 4.78 is 28.3. The van der Waals surface area contributed by atoms with Crippen molar-refractivity contribution < 1.29 is 18.2 Å². The first-order chi connectivity index (χ1) is 3.06. The van der Waals surface area contributed by atoms with Crippen LogP contribution in [0.15, 0.2) is 9.80 Å². The van der Waals surface area contributed by atoms with E-state index in [9.17, 15) is 8.42 Å². The number of rotatable bonds is 1. The van der Waals surface area contributed by atoms with Gasteiger partial charge in [-0.3, -0.25) is 4.55 Å². The van der Waals surface area contributed by atoms with E-state index in [-0.39, 0.29) is 0 Å². The van der Waals surface area contributed by atoms with Crippen LogP contribution in [0.1, 0.15) is 0 Å². The molecule has 0 aliphatic heterocycles. The third-order valence-corrected chi connectivity index (χ3v) is 0.419. The van der Waals surface area contributed by atoms with Gasteiger partial charge in [0.05, 0.1) is 0 Å². The van der Waals surface area contributed by atoms with Crippen LogP contribution in [0.4, 0.5) is 0 Å². The van der Waals surface area contributed by atoms with Crippen LogP contribution in [0.2, 0.25) is 0 Å². The Labute approximate surface area is 39.3 Å². The van der Waals surface area contributed by atoms with Crippen molar-refractivity contribution in [2.24, 2.45) is 9.80 Å². The smallest absolute Gasteiger partial charge is 0.394 e. The van der Waals surface area contributed by atoms with Gasteiger partial charge in [0, 0.05) is 9.80 Å². The van der Waals surface area contributed by atoms with E-state index in [0.29, 0.717) is 0 Å². The Kier molecular flexibility index (Phi) is 1.66. The minimum absolute atomic E-state index is 1.79. The van der Waals surface area contributed by atoms with Crippen molar-refractivity contribution in [2.75, 3.05) is 0 Å². The minimum atomic E-state index is -4.47. The molecule has 0 aliphatic carbocycles. The molecule has 0 rings (SSSR count). The van der Waals surface area contributed by atoms with E-state index < -0.39 is 10.3 Å². The van der Waals surface area contributed by atoms with Gasteiger partial charge in [0.15, 0.2) is 0 Å². The molecule has 7 heteroatoms. The fraction of sp³-hybridized carbons (Fsp3) is 0. The molecule has 0 bridgehead atoms. The van der Waals surface area contributed by atoms with E-state index >= 15 is 0 Å². The molecule has 42 valence electrons. The lowest BCUT2D eigenvalue weighted by atomic mass is 13.1. The molecule has 0 amide bonds.